The number of ether oxygens (including phenoxy) is 2. The summed E-state index contributed by atoms with van der Waals surface area (Å²) < 4.78 is 11.2. The summed E-state index contributed by atoms with van der Waals surface area (Å²) in [6, 6.07) is 0. The Morgan fingerprint density at radius 2 is 2.00 bits per heavy atom. The zero-order valence-electron chi connectivity index (χ0n) is 7.03. The van der Waals surface area contributed by atoms with Gasteiger partial charge in [0.1, 0.15) is 0 Å². The van der Waals surface area contributed by atoms with Crippen LogP contribution in [-0.2, 0) is 30.5 Å². The maximum Gasteiger partial charge on any atom is 2.00 e. The number of hydrogen-bond donors (Lipinski definition) is 1. The summed E-state index contributed by atoms with van der Waals surface area (Å²) in [5, 5.41) is 0. The molecule has 2 fully saturated rings. The van der Waals surface area contributed by atoms with Crippen LogP contribution in [0.1, 0.15) is 19.3 Å². The molecule has 1 aliphatic carbocycles. The van der Waals surface area contributed by atoms with E-state index in [0.29, 0.717) is 12.5 Å². The van der Waals surface area contributed by atoms with E-state index in [-0.39, 0.29) is 26.9 Å². The molecule has 4 heteroatoms. The predicted octanol–water partition coefficient (Wildman–Crippen LogP) is 0.486. The second kappa shape index (κ2) is 4.19. The van der Waals surface area contributed by atoms with E-state index in [4.69, 9.17) is 15.2 Å². The van der Waals surface area contributed by atoms with Gasteiger partial charge in [-0.25, -0.2) is 0 Å². The third-order valence-electron chi connectivity index (χ3n) is 2.76. The van der Waals surface area contributed by atoms with Gasteiger partial charge in [0.05, 0.1) is 13.2 Å². The minimum absolute atomic E-state index is 0. The van der Waals surface area contributed by atoms with Gasteiger partial charge in [-0.05, 0) is 12.8 Å². The zero-order chi connectivity index (χ0) is 7.73. The third-order valence-corrected chi connectivity index (χ3v) is 2.76. The van der Waals surface area contributed by atoms with Crippen molar-refractivity contribution in [1.29, 1.82) is 0 Å². The molecule has 12 heavy (non-hydrogen) atoms. The first-order valence-electron chi connectivity index (χ1n) is 4.35. The quantitative estimate of drug-likeness (QED) is 0.747. The standard InChI is InChI=1S/C8H15NO2.Pt/c9-6-7-2-1-3-8(7)10-4-5-11-8;/h7H,1-6,9H2;/q;+2. The molecule has 0 amide bonds. The van der Waals surface area contributed by atoms with E-state index in [0.717, 1.165) is 26.1 Å². The van der Waals surface area contributed by atoms with Crippen molar-refractivity contribution >= 4 is 0 Å². The van der Waals surface area contributed by atoms with Gasteiger partial charge in [0, 0.05) is 18.9 Å². The van der Waals surface area contributed by atoms with Gasteiger partial charge in [0.2, 0.25) is 0 Å². The van der Waals surface area contributed by atoms with Crippen LogP contribution in [0.2, 0.25) is 0 Å². The van der Waals surface area contributed by atoms with Crippen LogP contribution in [-0.4, -0.2) is 25.5 Å². The number of hydrogen-bond acceptors (Lipinski definition) is 3. The van der Waals surface area contributed by atoms with Crippen molar-refractivity contribution in [3.63, 3.8) is 0 Å². The Labute approximate surface area is 87.2 Å². The second-order valence-corrected chi connectivity index (χ2v) is 3.33. The molecular formula is C8H15NO2Pt+2. The second-order valence-electron chi connectivity index (χ2n) is 3.33. The van der Waals surface area contributed by atoms with E-state index in [9.17, 15) is 0 Å². The average Bonchev–Trinajstić information content (AvgIpc) is 2.62. The normalized spacial score (nSPS) is 32.2. The van der Waals surface area contributed by atoms with E-state index < -0.39 is 0 Å². The van der Waals surface area contributed by atoms with Crippen molar-refractivity contribution in [2.24, 2.45) is 11.7 Å². The molecule has 1 atom stereocenters. The van der Waals surface area contributed by atoms with E-state index in [2.05, 4.69) is 0 Å². The smallest absolute Gasteiger partial charge is 0.347 e. The molecule has 1 unspecified atom stereocenters. The summed E-state index contributed by atoms with van der Waals surface area (Å²) in [5.74, 6) is 0.166. The molecule has 1 aliphatic heterocycles. The van der Waals surface area contributed by atoms with Crippen LogP contribution < -0.4 is 5.73 Å². The predicted molar refractivity (Wildman–Crippen MR) is 41.0 cm³/mol. The molecule has 1 saturated carbocycles. The Hall–Kier alpha value is 0.568. The summed E-state index contributed by atoms with van der Waals surface area (Å²) in [6.45, 7) is 2.19. The Bertz CT molecular complexity index is 142. The summed E-state index contributed by atoms with van der Waals surface area (Å²) >= 11 is 0. The Morgan fingerprint density at radius 1 is 1.33 bits per heavy atom. The topological polar surface area (TPSA) is 44.5 Å². The first-order chi connectivity index (χ1) is 5.37. The molecular weight excluding hydrogens is 337 g/mol. The fourth-order valence-electron chi connectivity index (χ4n) is 2.17. The summed E-state index contributed by atoms with van der Waals surface area (Å²) in [7, 11) is 0. The van der Waals surface area contributed by atoms with Crippen molar-refractivity contribution in [2.45, 2.75) is 25.0 Å². The van der Waals surface area contributed by atoms with Crippen LogP contribution >= 0.6 is 0 Å². The molecule has 2 N–H and O–H groups in total. The molecule has 1 saturated heterocycles. The zero-order valence-corrected chi connectivity index (χ0v) is 9.30. The van der Waals surface area contributed by atoms with Gasteiger partial charge in [-0.1, -0.05) is 0 Å². The van der Waals surface area contributed by atoms with Crippen LogP contribution in [0.15, 0.2) is 0 Å². The molecule has 2 rings (SSSR count). The first kappa shape index (κ1) is 10.6. The SMILES string of the molecule is NCC1CCCC12OCCO2.[Pt+2]. The first-order valence-corrected chi connectivity index (χ1v) is 4.35. The fourth-order valence-corrected chi connectivity index (χ4v) is 2.17. The van der Waals surface area contributed by atoms with Gasteiger partial charge in [0.15, 0.2) is 5.79 Å². The number of rotatable bonds is 1. The summed E-state index contributed by atoms with van der Waals surface area (Å²) in [5.41, 5.74) is 5.63. The van der Waals surface area contributed by atoms with Gasteiger partial charge >= 0.3 is 21.1 Å². The van der Waals surface area contributed by atoms with Crippen LogP contribution in [0.4, 0.5) is 0 Å². The largest absolute Gasteiger partial charge is 2.00 e. The van der Waals surface area contributed by atoms with Gasteiger partial charge in [-0.3, -0.25) is 0 Å². The summed E-state index contributed by atoms with van der Waals surface area (Å²) in [6.07, 6.45) is 3.40. The van der Waals surface area contributed by atoms with Crippen LogP contribution in [0.3, 0.4) is 0 Å². The molecule has 0 aromatic heterocycles. The Morgan fingerprint density at radius 3 is 2.58 bits per heavy atom. The van der Waals surface area contributed by atoms with Crippen LogP contribution in [0.25, 0.3) is 0 Å². The van der Waals surface area contributed by atoms with Crippen molar-refractivity contribution < 1.29 is 30.5 Å². The van der Waals surface area contributed by atoms with Crippen molar-refractivity contribution in [1.82, 2.24) is 0 Å². The van der Waals surface area contributed by atoms with Crippen LogP contribution in [0, 0.1) is 5.92 Å². The minimum atomic E-state index is -0.269. The molecule has 0 bridgehead atoms. The average molecular weight is 352 g/mol. The summed E-state index contributed by atoms with van der Waals surface area (Å²) in [4.78, 5) is 0. The molecule has 72 valence electrons. The van der Waals surface area contributed by atoms with E-state index >= 15 is 0 Å². The monoisotopic (exact) mass is 352 g/mol. The molecule has 1 spiro atoms. The minimum Gasteiger partial charge on any atom is -0.347 e. The maximum atomic E-state index is 5.63. The Kier molecular flexibility index (Phi) is 3.71. The molecule has 0 aromatic rings. The van der Waals surface area contributed by atoms with Crippen LogP contribution in [0.5, 0.6) is 0 Å². The third kappa shape index (κ3) is 1.60. The van der Waals surface area contributed by atoms with E-state index in [1.54, 1.807) is 0 Å². The van der Waals surface area contributed by atoms with Crippen molar-refractivity contribution in [3.8, 4) is 0 Å². The van der Waals surface area contributed by atoms with Crippen molar-refractivity contribution in [2.75, 3.05) is 19.8 Å². The number of nitrogens with two attached hydrogens (primary N) is 1. The fraction of sp³-hybridized carbons (Fsp3) is 1.00. The molecule has 0 radical (unpaired) electrons. The molecule has 3 nitrogen and oxygen atoms in total. The van der Waals surface area contributed by atoms with Gasteiger partial charge in [0.25, 0.3) is 0 Å². The van der Waals surface area contributed by atoms with E-state index in [1.165, 1.54) is 6.42 Å². The molecule has 0 aromatic carbocycles. The van der Waals surface area contributed by atoms with Gasteiger partial charge < -0.3 is 15.2 Å². The van der Waals surface area contributed by atoms with Gasteiger partial charge in [-0.2, -0.15) is 0 Å². The van der Waals surface area contributed by atoms with E-state index in [1.807, 2.05) is 0 Å². The Balaban J connectivity index is 0.000000720. The molecule has 1 heterocycles. The maximum absolute atomic E-state index is 5.63. The van der Waals surface area contributed by atoms with Crippen molar-refractivity contribution in [3.05, 3.63) is 0 Å². The van der Waals surface area contributed by atoms with Gasteiger partial charge in [-0.15, -0.1) is 0 Å². The molecule has 2 aliphatic rings.